The molecule has 5 heterocycles. The third kappa shape index (κ3) is 6.64. The largest absolute Gasteiger partial charge is 0.495 e. The molecule has 13 heteroatoms. The fraction of sp³-hybridized carbons (Fsp3) is 0.605. The Morgan fingerprint density at radius 1 is 1.10 bits per heavy atom. The lowest BCUT2D eigenvalue weighted by Gasteiger charge is -2.45. The SMILES string of the molecule is CC[C@@H]1c2c(C#N)ncn2-c2cnc(Nc3cc(F)c(C(=O)NC4CCN(C5CCNCC5)[C@H](CC5CC5)C4)cc3OC)nc2N1C1CCCC1. The highest BCUT2D eigenvalue weighted by Crippen LogP contribution is 2.45. The Labute approximate surface area is 299 Å². The normalized spacial score (nSPS) is 24.1. The van der Waals surface area contributed by atoms with E-state index < -0.39 is 11.7 Å². The zero-order chi connectivity index (χ0) is 35.1. The van der Waals surface area contributed by atoms with Crippen LogP contribution in [0.1, 0.15) is 112 Å². The lowest BCUT2D eigenvalue weighted by molar-refractivity contribution is 0.0521. The lowest BCUT2D eigenvalue weighted by atomic mass is 9.89. The zero-order valence-electron chi connectivity index (χ0n) is 29.7. The number of ether oxygens (including phenoxy) is 1. The van der Waals surface area contributed by atoms with Crippen molar-refractivity contribution in [2.24, 2.45) is 5.92 Å². The number of carbonyl (C=O) groups excluding carboxylic acids is 1. The second kappa shape index (κ2) is 14.4. The van der Waals surface area contributed by atoms with Crippen LogP contribution in [0.15, 0.2) is 24.7 Å². The maximum atomic E-state index is 15.8. The summed E-state index contributed by atoms with van der Waals surface area (Å²) in [5.41, 5.74) is 2.33. The van der Waals surface area contributed by atoms with Gasteiger partial charge in [0.15, 0.2) is 11.5 Å². The van der Waals surface area contributed by atoms with Gasteiger partial charge in [0.1, 0.15) is 29.7 Å². The molecule has 2 saturated carbocycles. The first kappa shape index (κ1) is 33.8. The number of nitriles is 1. The van der Waals surface area contributed by atoms with Crippen molar-refractivity contribution in [3.63, 3.8) is 0 Å². The van der Waals surface area contributed by atoms with Crippen molar-refractivity contribution in [1.82, 2.24) is 35.1 Å². The Kier molecular flexibility index (Phi) is 9.55. The molecular weight excluding hydrogens is 647 g/mol. The van der Waals surface area contributed by atoms with Gasteiger partial charge >= 0.3 is 0 Å². The highest BCUT2D eigenvalue weighted by atomic mass is 19.1. The molecule has 0 radical (unpaired) electrons. The average Bonchev–Trinajstić information content (AvgIpc) is 3.60. The molecule has 1 aromatic carbocycles. The van der Waals surface area contributed by atoms with E-state index in [-0.39, 0.29) is 29.6 Å². The van der Waals surface area contributed by atoms with E-state index in [1.165, 1.54) is 51.3 Å². The summed E-state index contributed by atoms with van der Waals surface area (Å²) >= 11 is 0. The monoisotopic (exact) mass is 696 g/mol. The molecule has 0 bridgehead atoms. The minimum atomic E-state index is -0.638. The molecule has 3 atom stereocenters. The van der Waals surface area contributed by atoms with Crippen LogP contribution in [0, 0.1) is 23.1 Å². The van der Waals surface area contributed by atoms with Gasteiger partial charge in [-0.1, -0.05) is 32.6 Å². The highest BCUT2D eigenvalue weighted by Gasteiger charge is 2.40. The highest BCUT2D eigenvalue weighted by molar-refractivity contribution is 5.96. The molecule has 2 aromatic heterocycles. The number of anilines is 3. The van der Waals surface area contributed by atoms with E-state index in [1.807, 2.05) is 4.57 Å². The summed E-state index contributed by atoms with van der Waals surface area (Å²) in [4.78, 5) is 32.6. The molecule has 0 spiro atoms. The number of likely N-dealkylation sites (tertiary alicyclic amines) is 1. The molecule has 2 saturated heterocycles. The number of hydrogen-bond acceptors (Lipinski definition) is 10. The fourth-order valence-electron chi connectivity index (χ4n) is 9.19. The number of nitrogens with one attached hydrogen (secondary N) is 3. The third-order valence-corrected chi connectivity index (χ3v) is 11.9. The van der Waals surface area contributed by atoms with Crippen LogP contribution in [0.3, 0.4) is 0 Å². The van der Waals surface area contributed by atoms with Gasteiger partial charge in [0.05, 0.1) is 36.3 Å². The smallest absolute Gasteiger partial charge is 0.254 e. The molecule has 4 fully saturated rings. The van der Waals surface area contributed by atoms with E-state index >= 15 is 4.39 Å². The maximum absolute atomic E-state index is 15.8. The van der Waals surface area contributed by atoms with Crippen molar-refractivity contribution in [3.05, 3.63) is 47.4 Å². The van der Waals surface area contributed by atoms with Gasteiger partial charge in [-0.3, -0.25) is 14.3 Å². The number of halogens is 1. The van der Waals surface area contributed by atoms with Crippen molar-refractivity contribution >= 4 is 23.4 Å². The van der Waals surface area contributed by atoms with Crippen LogP contribution in [0.5, 0.6) is 5.75 Å². The molecule has 51 heavy (non-hydrogen) atoms. The number of rotatable bonds is 10. The minimum Gasteiger partial charge on any atom is -0.495 e. The summed E-state index contributed by atoms with van der Waals surface area (Å²) in [6.45, 7) is 5.21. The second-order valence-electron chi connectivity index (χ2n) is 15.0. The quantitative estimate of drug-likeness (QED) is 0.240. The molecule has 3 aromatic rings. The van der Waals surface area contributed by atoms with Crippen molar-refractivity contribution in [3.8, 4) is 17.5 Å². The van der Waals surface area contributed by atoms with Crippen LogP contribution in [0.4, 0.5) is 21.8 Å². The van der Waals surface area contributed by atoms with E-state index in [2.05, 4.69) is 48.7 Å². The number of fused-ring (bicyclic) bond motifs is 3. The molecule has 1 amide bonds. The number of nitrogens with zero attached hydrogens (tertiary/aromatic N) is 7. The summed E-state index contributed by atoms with van der Waals surface area (Å²) in [5, 5.41) is 19.7. The number of methoxy groups -OCH3 is 1. The molecule has 3 aliphatic heterocycles. The van der Waals surface area contributed by atoms with Gasteiger partial charge in [0, 0.05) is 36.8 Å². The summed E-state index contributed by atoms with van der Waals surface area (Å²) in [5.74, 6) is 1.10. The predicted molar refractivity (Wildman–Crippen MR) is 192 cm³/mol. The molecule has 12 nitrogen and oxygen atoms in total. The number of benzene rings is 1. The number of aromatic nitrogens is 4. The molecule has 8 rings (SSSR count). The summed E-state index contributed by atoms with van der Waals surface area (Å²) < 4.78 is 23.4. The number of piperidine rings is 2. The van der Waals surface area contributed by atoms with Gasteiger partial charge < -0.3 is 25.6 Å². The third-order valence-electron chi connectivity index (χ3n) is 11.9. The Hall–Kier alpha value is -4.28. The van der Waals surface area contributed by atoms with Gasteiger partial charge in [-0.15, -0.1) is 0 Å². The molecular formula is C38H49FN10O2. The van der Waals surface area contributed by atoms with Crippen molar-refractivity contribution in [2.45, 2.75) is 114 Å². The van der Waals surface area contributed by atoms with Gasteiger partial charge in [-0.2, -0.15) is 10.2 Å². The van der Waals surface area contributed by atoms with E-state index in [9.17, 15) is 10.1 Å². The summed E-state index contributed by atoms with van der Waals surface area (Å²) in [6.07, 6.45) is 16.5. The second-order valence-corrected chi connectivity index (χ2v) is 15.0. The number of amides is 1. The topological polar surface area (TPSA) is 136 Å². The molecule has 1 unspecified atom stereocenters. The van der Waals surface area contributed by atoms with Crippen LogP contribution < -0.4 is 25.6 Å². The first-order valence-corrected chi connectivity index (χ1v) is 19.0. The summed E-state index contributed by atoms with van der Waals surface area (Å²) in [6, 6.07) is 6.30. The Morgan fingerprint density at radius 2 is 1.90 bits per heavy atom. The molecule has 3 N–H and O–H groups in total. The number of carbonyl (C=O) groups is 1. The van der Waals surface area contributed by atoms with Crippen molar-refractivity contribution in [1.29, 1.82) is 5.26 Å². The van der Waals surface area contributed by atoms with Gasteiger partial charge in [0.2, 0.25) is 5.95 Å². The molecule has 270 valence electrons. The predicted octanol–water partition coefficient (Wildman–Crippen LogP) is 5.75. The van der Waals surface area contributed by atoms with Crippen LogP contribution in [0.2, 0.25) is 0 Å². The van der Waals surface area contributed by atoms with Crippen LogP contribution >= 0.6 is 0 Å². The molecule has 5 aliphatic rings. The van der Waals surface area contributed by atoms with Crippen LogP contribution in [-0.2, 0) is 0 Å². The Morgan fingerprint density at radius 3 is 2.63 bits per heavy atom. The van der Waals surface area contributed by atoms with Crippen LogP contribution in [-0.4, -0.2) is 81.2 Å². The van der Waals surface area contributed by atoms with Crippen molar-refractivity contribution < 1.29 is 13.9 Å². The van der Waals surface area contributed by atoms with E-state index in [0.717, 1.165) is 87.7 Å². The van der Waals surface area contributed by atoms with E-state index in [1.54, 1.807) is 12.5 Å². The first-order chi connectivity index (χ1) is 24.9. The first-order valence-electron chi connectivity index (χ1n) is 19.0. The van der Waals surface area contributed by atoms with Crippen LogP contribution in [0.25, 0.3) is 5.69 Å². The van der Waals surface area contributed by atoms with Gasteiger partial charge in [-0.05, 0) is 76.4 Å². The number of imidazole rings is 1. The Balaban J connectivity index is 1.01. The van der Waals surface area contributed by atoms with Crippen molar-refractivity contribution in [2.75, 3.05) is 37.0 Å². The average molecular weight is 697 g/mol. The summed E-state index contributed by atoms with van der Waals surface area (Å²) in [7, 11) is 1.51. The molecule has 2 aliphatic carbocycles. The van der Waals surface area contributed by atoms with E-state index in [0.29, 0.717) is 29.2 Å². The van der Waals surface area contributed by atoms with E-state index in [4.69, 9.17) is 9.72 Å². The number of hydrogen-bond donors (Lipinski definition) is 3. The zero-order valence-corrected chi connectivity index (χ0v) is 29.7. The Bertz CT molecular complexity index is 1790. The standard InChI is InChI=1S/C38H49FN10O2/c1-3-32-35-31(20-40)43-22-48(35)33-21-42-38(46-36(33)49(32)26-6-4-5-7-26)45-30-19-29(39)28(18-34(30)51-2)37(50)44-24-12-15-47(25-10-13-41-14-11-25)27(17-24)16-23-8-9-23/h18-19,21-27,32,41H,3-17H2,1-2H3,(H,44,50)(H,42,45,46)/t24?,27-,32-/m1/s1. The minimum absolute atomic E-state index is 0.00122. The maximum Gasteiger partial charge on any atom is 0.254 e. The van der Waals surface area contributed by atoms with Gasteiger partial charge in [0.25, 0.3) is 5.91 Å². The van der Waals surface area contributed by atoms with Gasteiger partial charge in [-0.25, -0.2) is 14.4 Å². The lowest BCUT2D eigenvalue weighted by Crippen LogP contribution is -2.55. The fourth-order valence-corrected chi connectivity index (χ4v) is 9.19.